The van der Waals surface area contributed by atoms with Gasteiger partial charge in [-0.25, -0.2) is 9.97 Å². The van der Waals surface area contributed by atoms with Gasteiger partial charge in [-0.05, 0) is 25.0 Å². The van der Waals surface area contributed by atoms with E-state index in [9.17, 15) is 4.79 Å². The number of fused-ring (bicyclic) bond motifs is 2. The van der Waals surface area contributed by atoms with Gasteiger partial charge >= 0.3 is 0 Å². The average molecular weight is 504 g/mol. The highest BCUT2D eigenvalue weighted by molar-refractivity contribution is 5.85. The van der Waals surface area contributed by atoms with Gasteiger partial charge in [0.2, 0.25) is 29.6 Å². The lowest BCUT2D eigenvalue weighted by Gasteiger charge is -2.37. The van der Waals surface area contributed by atoms with E-state index in [0.29, 0.717) is 75.2 Å². The molecule has 7 heterocycles. The molecule has 190 valence electrons. The second kappa shape index (κ2) is 8.65. The Balaban J connectivity index is 1.07. The third kappa shape index (κ3) is 3.80. The molecule has 14 nitrogen and oxygen atoms in total. The molecule has 0 aromatic carbocycles. The summed E-state index contributed by atoms with van der Waals surface area (Å²) in [6, 6.07) is 3.17. The van der Waals surface area contributed by atoms with Crippen molar-refractivity contribution in [3.05, 3.63) is 35.9 Å². The quantitative estimate of drug-likeness (QED) is 0.412. The fourth-order valence-corrected chi connectivity index (χ4v) is 5.12. The normalized spacial score (nSPS) is 19.7. The van der Waals surface area contributed by atoms with Gasteiger partial charge in [-0.2, -0.15) is 19.5 Å². The first kappa shape index (κ1) is 21.9. The van der Waals surface area contributed by atoms with Crippen molar-refractivity contribution in [2.45, 2.75) is 32.1 Å². The van der Waals surface area contributed by atoms with Crippen LogP contribution in [0.3, 0.4) is 0 Å². The zero-order valence-corrected chi connectivity index (χ0v) is 20.0. The molecular formula is C23H25N11O3. The monoisotopic (exact) mass is 503 g/mol. The molecule has 1 atom stereocenters. The minimum absolute atomic E-state index is 0.0696. The van der Waals surface area contributed by atoms with E-state index in [4.69, 9.17) is 14.9 Å². The van der Waals surface area contributed by atoms with Crippen molar-refractivity contribution in [3.63, 3.8) is 0 Å². The molecule has 7 rings (SSSR count). The van der Waals surface area contributed by atoms with Crippen LogP contribution in [0, 0.1) is 0 Å². The number of nitrogens with zero attached hydrogens (tertiary/aromatic N) is 10. The maximum Gasteiger partial charge on any atom is 0.259 e. The minimum atomic E-state index is -0.353. The van der Waals surface area contributed by atoms with Gasteiger partial charge in [-0.1, -0.05) is 0 Å². The smallest absolute Gasteiger partial charge is 0.259 e. The third-order valence-electron chi connectivity index (χ3n) is 7.07. The van der Waals surface area contributed by atoms with Gasteiger partial charge in [-0.3, -0.25) is 4.79 Å². The first-order chi connectivity index (χ1) is 18.1. The molecule has 4 aromatic heterocycles. The molecule has 2 saturated heterocycles. The number of nitrogens with two attached hydrogens (primary N) is 1. The molecular weight excluding hydrogens is 478 g/mol. The number of amides is 1. The topological polar surface area (TPSA) is 157 Å². The van der Waals surface area contributed by atoms with Gasteiger partial charge in [0.15, 0.2) is 5.76 Å². The molecule has 0 bridgehead atoms. The zero-order valence-electron chi connectivity index (χ0n) is 20.0. The first-order valence-corrected chi connectivity index (χ1v) is 12.3. The lowest BCUT2D eigenvalue weighted by molar-refractivity contribution is -0.132. The molecule has 0 spiro atoms. The maximum atomic E-state index is 13.6. The number of furan rings is 1. The highest BCUT2D eigenvalue weighted by atomic mass is 16.5. The number of hydrogen-bond donors (Lipinski definition) is 1. The molecule has 0 radical (unpaired) electrons. The fraction of sp³-hybridized carbons (Fsp3) is 0.435. The Morgan fingerprint density at radius 1 is 1.03 bits per heavy atom. The summed E-state index contributed by atoms with van der Waals surface area (Å²) in [7, 11) is 0. The Hall–Kier alpha value is -4.33. The molecule has 2 fully saturated rings. The second-order valence-electron chi connectivity index (χ2n) is 9.30. The maximum absolute atomic E-state index is 13.6. The molecule has 4 aromatic rings. The van der Waals surface area contributed by atoms with Crippen LogP contribution in [-0.2, 0) is 22.7 Å². The number of nitrogen functional groups attached to an aromatic ring is 1. The summed E-state index contributed by atoms with van der Waals surface area (Å²) >= 11 is 0. The summed E-state index contributed by atoms with van der Waals surface area (Å²) in [5.74, 6) is 2.48. The number of rotatable bonds is 4. The summed E-state index contributed by atoms with van der Waals surface area (Å²) in [4.78, 5) is 42.2. The lowest BCUT2D eigenvalue weighted by Crippen LogP contribution is -2.54. The standard InChI is InChI=1S/C23H25N11O3/c24-20-28-22(29-23-27-18(30-34(20)23)17-4-2-10-37-17)33-5-1-3-16(33)19(35)31-6-8-32(9-7-31)21-25-11-14-12-36-13-15(14)26-21/h2,4,10-11,16H,1,3,5-9,12-13H2,(H2,24,27,28,29,30)/t16-/m0/s1. The SMILES string of the molecule is Nc1nc(N2CCC[C@H]2C(=O)N2CCN(c3ncc4c(n3)COC4)CC2)nc2nc(-c3ccco3)nn12. The van der Waals surface area contributed by atoms with Crippen LogP contribution in [0.15, 0.2) is 29.0 Å². The van der Waals surface area contributed by atoms with E-state index in [2.05, 4.69) is 34.9 Å². The van der Waals surface area contributed by atoms with Crippen molar-refractivity contribution in [1.82, 2.24) is 39.4 Å². The number of carbonyl (C=O) groups is 1. The third-order valence-corrected chi connectivity index (χ3v) is 7.07. The predicted octanol–water partition coefficient (Wildman–Crippen LogP) is 0.499. The Bertz CT molecular complexity index is 1460. The van der Waals surface area contributed by atoms with Gasteiger partial charge < -0.3 is 29.6 Å². The van der Waals surface area contributed by atoms with Gasteiger partial charge in [0.1, 0.15) is 6.04 Å². The van der Waals surface area contributed by atoms with Crippen LogP contribution >= 0.6 is 0 Å². The first-order valence-electron chi connectivity index (χ1n) is 12.3. The van der Waals surface area contributed by atoms with E-state index in [1.54, 1.807) is 18.4 Å². The van der Waals surface area contributed by atoms with Gasteiger partial charge in [0.25, 0.3) is 5.78 Å². The Morgan fingerprint density at radius 3 is 2.76 bits per heavy atom. The van der Waals surface area contributed by atoms with Gasteiger partial charge in [0, 0.05) is 44.5 Å². The fourth-order valence-electron chi connectivity index (χ4n) is 5.12. The van der Waals surface area contributed by atoms with E-state index < -0.39 is 0 Å². The number of anilines is 3. The molecule has 2 N–H and O–H groups in total. The van der Waals surface area contributed by atoms with Crippen LogP contribution in [0.2, 0.25) is 0 Å². The largest absolute Gasteiger partial charge is 0.461 e. The van der Waals surface area contributed by atoms with E-state index in [1.807, 2.05) is 16.0 Å². The van der Waals surface area contributed by atoms with Crippen molar-refractivity contribution >= 4 is 29.5 Å². The lowest BCUT2D eigenvalue weighted by atomic mass is 10.1. The predicted molar refractivity (Wildman–Crippen MR) is 130 cm³/mol. The van der Waals surface area contributed by atoms with Gasteiger partial charge in [0.05, 0.1) is 25.2 Å². The number of piperazine rings is 1. The van der Waals surface area contributed by atoms with Crippen LogP contribution in [0.4, 0.5) is 17.8 Å². The number of carbonyl (C=O) groups excluding carboxylic acids is 1. The van der Waals surface area contributed by atoms with Gasteiger partial charge in [-0.15, -0.1) is 5.10 Å². The number of hydrogen-bond acceptors (Lipinski definition) is 12. The van der Waals surface area contributed by atoms with Crippen molar-refractivity contribution in [3.8, 4) is 11.6 Å². The molecule has 14 heteroatoms. The number of ether oxygens (including phenoxy) is 1. The molecule has 3 aliphatic heterocycles. The summed E-state index contributed by atoms with van der Waals surface area (Å²) in [5, 5.41) is 4.35. The van der Waals surface area contributed by atoms with E-state index in [1.165, 1.54) is 4.52 Å². The van der Waals surface area contributed by atoms with Crippen molar-refractivity contribution in [2.75, 3.05) is 48.3 Å². The van der Waals surface area contributed by atoms with E-state index in [0.717, 1.165) is 24.1 Å². The molecule has 1 amide bonds. The Morgan fingerprint density at radius 2 is 1.92 bits per heavy atom. The summed E-state index contributed by atoms with van der Waals surface area (Å²) in [6.07, 6.45) is 4.98. The van der Waals surface area contributed by atoms with Crippen LogP contribution in [0.5, 0.6) is 0 Å². The van der Waals surface area contributed by atoms with Crippen LogP contribution in [-0.4, -0.2) is 84.1 Å². The van der Waals surface area contributed by atoms with Crippen molar-refractivity contribution in [1.29, 1.82) is 0 Å². The molecule has 37 heavy (non-hydrogen) atoms. The molecule has 0 saturated carbocycles. The summed E-state index contributed by atoms with van der Waals surface area (Å²) < 4.78 is 12.2. The second-order valence-corrected chi connectivity index (χ2v) is 9.30. The Kier molecular flexibility index (Phi) is 5.13. The van der Waals surface area contributed by atoms with E-state index in [-0.39, 0.29) is 17.9 Å². The molecule has 0 unspecified atom stereocenters. The van der Waals surface area contributed by atoms with Crippen molar-refractivity contribution in [2.24, 2.45) is 0 Å². The molecule has 0 aliphatic carbocycles. The van der Waals surface area contributed by atoms with Crippen LogP contribution in [0.1, 0.15) is 24.1 Å². The number of aromatic nitrogens is 7. The minimum Gasteiger partial charge on any atom is -0.461 e. The summed E-state index contributed by atoms with van der Waals surface area (Å²) in [5.41, 5.74) is 8.19. The summed E-state index contributed by atoms with van der Waals surface area (Å²) in [6.45, 7) is 4.29. The van der Waals surface area contributed by atoms with Crippen molar-refractivity contribution < 1.29 is 13.9 Å². The van der Waals surface area contributed by atoms with Crippen LogP contribution in [0.25, 0.3) is 17.4 Å². The Labute approximate surface area is 211 Å². The molecule has 3 aliphatic rings. The van der Waals surface area contributed by atoms with Crippen LogP contribution < -0.4 is 15.5 Å². The average Bonchev–Trinajstić information content (AvgIpc) is 3.73. The highest BCUT2D eigenvalue weighted by Gasteiger charge is 2.37. The highest BCUT2D eigenvalue weighted by Crippen LogP contribution is 2.27. The van der Waals surface area contributed by atoms with E-state index >= 15 is 0 Å². The zero-order chi connectivity index (χ0) is 24.9.